The number of piperidine rings is 1. The minimum absolute atomic E-state index is 0.113. The van der Waals surface area contributed by atoms with Gasteiger partial charge < -0.3 is 0 Å². The Hall–Kier alpha value is -2.60. The highest BCUT2D eigenvalue weighted by molar-refractivity contribution is 5.65. The number of nitrogens with zero attached hydrogens (tertiary/aromatic N) is 2. The molecule has 0 aliphatic carbocycles. The second-order valence-corrected chi connectivity index (χ2v) is 6.98. The molecule has 1 N–H and O–H groups in total. The van der Waals surface area contributed by atoms with E-state index >= 15 is 0 Å². The number of benzene rings is 2. The average Bonchev–Trinajstić information content (AvgIpc) is 3.16. The van der Waals surface area contributed by atoms with Crippen LogP contribution in [0.15, 0.2) is 48.7 Å². The van der Waals surface area contributed by atoms with Gasteiger partial charge in [0, 0.05) is 35.8 Å². The molecule has 0 bridgehead atoms. The summed E-state index contributed by atoms with van der Waals surface area (Å²) in [7, 11) is 0. The first kappa shape index (κ1) is 17.8. The minimum atomic E-state index is -0.509. The summed E-state index contributed by atoms with van der Waals surface area (Å²) in [4.78, 5) is 2.07. The van der Waals surface area contributed by atoms with Crippen LogP contribution in [0.1, 0.15) is 30.0 Å². The topological polar surface area (TPSA) is 31.9 Å². The summed E-state index contributed by atoms with van der Waals surface area (Å²) in [6.07, 6.45) is 3.65. The van der Waals surface area contributed by atoms with E-state index in [-0.39, 0.29) is 23.8 Å². The minimum Gasteiger partial charge on any atom is -0.298 e. The van der Waals surface area contributed by atoms with E-state index in [2.05, 4.69) is 15.1 Å². The predicted molar refractivity (Wildman–Crippen MR) is 97.6 cm³/mol. The van der Waals surface area contributed by atoms with Gasteiger partial charge in [0.05, 0.1) is 6.20 Å². The summed E-state index contributed by atoms with van der Waals surface area (Å²) >= 11 is 0. The summed E-state index contributed by atoms with van der Waals surface area (Å²) in [6, 6.07) is 10.3. The highest BCUT2D eigenvalue weighted by atomic mass is 19.1. The van der Waals surface area contributed by atoms with E-state index < -0.39 is 11.6 Å². The van der Waals surface area contributed by atoms with Crippen LogP contribution in [0.3, 0.4) is 0 Å². The molecule has 1 fully saturated rings. The van der Waals surface area contributed by atoms with Gasteiger partial charge in [-0.2, -0.15) is 5.10 Å². The maximum atomic E-state index is 14.0. The summed E-state index contributed by atoms with van der Waals surface area (Å²) in [5.41, 5.74) is 2.94. The van der Waals surface area contributed by atoms with Gasteiger partial charge >= 0.3 is 0 Å². The molecule has 0 spiro atoms. The second kappa shape index (κ2) is 7.56. The summed E-state index contributed by atoms with van der Waals surface area (Å²) in [5, 5.41) is 7.25. The fourth-order valence-corrected chi connectivity index (χ4v) is 3.81. The van der Waals surface area contributed by atoms with Crippen molar-refractivity contribution >= 4 is 0 Å². The van der Waals surface area contributed by atoms with E-state index in [0.717, 1.165) is 36.2 Å². The van der Waals surface area contributed by atoms with E-state index in [9.17, 15) is 13.2 Å². The third-order valence-corrected chi connectivity index (χ3v) is 5.18. The van der Waals surface area contributed by atoms with Crippen molar-refractivity contribution in [1.29, 1.82) is 0 Å². The molecule has 3 nitrogen and oxygen atoms in total. The number of H-pyrrole nitrogens is 1. The Morgan fingerprint density at radius 2 is 1.78 bits per heavy atom. The zero-order chi connectivity index (χ0) is 18.8. The van der Waals surface area contributed by atoms with Crippen LogP contribution in [0.2, 0.25) is 0 Å². The van der Waals surface area contributed by atoms with Crippen LogP contribution in [0.25, 0.3) is 11.1 Å². The molecule has 0 unspecified atom stereocenters. The number of likely N-dealkylation sites (tertiary alicyclic amines) is 1. The van der Waals surface area contributed by atoms with Gasteiger partial charge in [0.25, 0.3) is 0 Å². The van der Waals surface area contributed by atoms with Crippen molar-refractivity contribution in [3.63, 3.8) is 0 Å². The third kappa shape index (κ3) is 3.76. The molecule has 3 aromatic rings. The lowest BCUT2D eigenvalue weighted by molar-refractivity contribution is 0.194. The van der Waals surface area contributed by atoms with E-state index in [1.807, 2.05) is 0 Å². The van der Waals surface area contributed by atoms with Gasteiger partial charge in [-0.25, -0.2) is 13.2 Å². The van der Waals surface area contributed by atoms with Gasteiger partial charge in [-0.3, -0.25) is 10.00 Å². The van der Waals surface area contributed by atoms with Crippen LogP contribution in [-0.2, 0) is 6.54 Å². The van der Waals surface area contributed by atoms with Crippen LogP contribution >= 0.6 is 0 Å². The molecule has 1 atom stereocenters. The van der Waals surface area contributed by atoms with Crippen molar-refractivity contribution in [2.24, 2.45) is 0 Å². The normalized spacial score (nSPS) is 18.0. The molecule has 140 valence electrons. The number of aromatic amines is 1. The molecular formula is C21H20F3N3. The maximum absolute atomic E-state index is 14.0. The molecule has 0 amide bonds. The fraction of sp³-hybridized carbons (Fsp3) is 0.286. The van der Waals surface area contributed by atoms with Crippen molar-refractivity contribution in [2.75, 3.05) is 13.1 Å². The van der Waals surface area contributed by atoms with E-state index in [0.29, 0.717) is 6.54 Å². The zero-order valence-corrected chi connectivity index (χ0v) is 14.8. The summed E-state index contributed by atoms with van der Waals surface area (Å²) in [5.74, 6) is -1.12. The van der Waals surface area contributed by atoms with Gasteiger partial charge in [0.15, 0.2) is 0 Å². The molecule has 1 aliphatic heterocycles. The standard InChI is InChI=1S/C21H20F3N3/c22-16-8-6-14(7-9-16)17-11-25-26-21(17)15-3-2-10-27(12-15)13-18-19(23)4-1-5-20(18)24/h1,4-9,11,15H,2-3,10,12-13H2,(H,25,26)/t15-/m0/s1. The van der Waals surface area contributed by atoms with E-state index in [1.165, 1.54) is 30.3 Å². The zero-order valence-electron chi connectivity index (χ0n) is 14.8. The predicted octanol–water partition coefficient (Wildman–Crippen LogP) is 4.87. The molecule has 1 aliphatic rings. The van der Waals surface area contributed by atoms with Gasteiger partial charge in [-0.1, -0.05) is 18.2 Å². The summed E-state index contributed by atoms with van der Waals surface area (Å²) in [6.45, 7) is 1.73. The highest BCUT2D eigenvalue weighted by Crippen LogP contribution is 2.33. The SMILES string of the molecule is Fc1ccc(-c2cn[nH]c2[C@H]2CCCN(Cc3c(F)cccc3F)C2)cc1. The monoisotopic (exact) mass is 371 g/mol. The molecule has 2 heterocycles. The first-order chi connectivity index (χ1) is 13.1. The van der Waals surface area contributed by atoms with E-state index in [4.69, 9.17) is 0 Å². The van der Waals surface area contributed by atoms with Crippen LogP contribution in [0, 0.1) is 17.5 Å². The Labute approximate surface area is 155 Å². The number of hydrogen-bond acceptors (Lipinski definition) is 2. The smallest absolute Gasteiger partial charge is 0.130 e. The van der Waals surface area contributed by atoms with Gasteiger partial charge in [0.1, 0.15) is 17.5 Å². The fourth-order valence-electron chi connectivity index (χ4n) is 3.81. The van der Waals surface area contributed by atoms with E-state index in [1.54, 1.807) is 18.3 Å². The van der Waals surface area contributed by atoms with Crippen molar-refractivity contribution in [3.05, 3.63) is 77.4 Å². The number of hydrogen-bond donors (Lipinski definition) is 1. The second-order valence-electron chi connectivity index (χ2n) is 6.98. The number of halogens is 3. The molecule has 4 rings (SSSR count). The molecule has 0 saturated carbocycles. The van der Waals surface area contributed by atoms with Crippen LogP contribution in [0.5, 0.6) is 0 Å². The molecule has 2 aromatic carbocycles. The third-order valence-electron chi connectivity index (χ3n) is 5.18. The lowest BCUT2D eigenvalue weighted by Gasteiger charge is -2.32. The van der Waals surface area contributed by atoms with Crippen LogP contribution in [0.4, 0.5) is 13.2 Å². The quantitative estimate of drug-likeness (QED) is 0.709. The molecule has 1 aromatic heterocycles. The molecule has 6 heteroatoms. The van der Waals surface area contributed by atoms with Crippen LogP contribution < -0.4 is 0 Å². The molecule has 0 radical (unpaired) electrons. The van der Waals surface area contributed by atoms with Crippen molar-refractivity contribution in [3.8, 4) is 11.1 Å². The van der Waals surface area contributed by atoms with Crippen molar-refractivity contribution < 1.29 is 13.2 Å². The summed E-state index contributed by atoms with van der Waals surface area (Å²) < 4.78 is 41.2. The Morgan fingerprint density at radius 3 is 2.52 bits per heavy atom. The average molecular weight is 371 g/mol. The van der Waals surface area contributed by atoms with Gasteiger partial charge in [-0.05, 0) is 49.2 Å². The number of rotatable bonds is 4. The Bertz CT molecular complexity index is 900. The highest BCUT2D eigenvalue weighted by Gasteiger charge is 2.26. The Balaban J connectivity index is 1.54. The van der Waals surface area contributed by atoms with Crippen molar-refractivity contribution in [1.82, 2.24) is 15.1 Å². The Morgan fingerprint density at radius 1 is 1.04 bits per heavy atom. The molecular weight excluding hydrogens is 351 g/mol. The Kier molecular flexibility index (Phi) is 4.99. The lowest BCUT2D eigenvalue weighted by atomic mass is 9.90. The molecule has 1 saturated heterocycles. The number of nitrogens with one attached hydrogen (secondary N) is 1. The first-order valence-corrected chi connectivity index (χ1v) is 9.06. The van der Waals surface area contributed by atoms with Gasteiger partial charge in [0.2, 0.25) is 0 Å². The van der Waals surface area contributed by atoms with Crippen molar-refractivity contribution in [2.45, 2.75) is 25.3 Å². The number of aromatic nitrogens is 2. The largest absolute Gasteiger partial charge is 0.298 e. The molecule has 27 heavy (non-hydrogen) atoms. The lowest BCUT2D eigenvalue weighted by Crippen LogP contribution is -2.34. The first-order valence-electron chi connectivity index (χ1n) is 9.06. The van der Waals surface area contributed by atoms with Crippen LogP contribution in [-0.4, -0.2) is 28.2 Å². The van der Waals surface area contributed by atoms with Gasteiger partial charge in [-0.15, -0.1) is 0 Å². The maximum Gasteiger partial charge on any atom is 0.130 e.